The van der Waals surface area contributed by atoms with Crippen molar-refractivity contribution in [3.8, 4) is 0 Å². The summed E-state index contributed by atoms with van der Waals surface area (Å²) in [6.07, 6.45) is 3.11. The zero-order valence-electron chi connectivity index (χ0n) is 7.29. The van der Waals surface area contributed by atoms with Gasteiger partial charge in [-0.3, -0.25) is 9.69 Å². The molecule has 1 amide bonds. The normalized spacial score (nSPS) is 21.8. The Labute approximate surface area is 72.6 Å². The van der Waals surface area contributed by atoms with Crippen LogP contribution in [0.3, 0.4) is 0 Å². The molecule has 12 heavy (non-hydrogen) atoms. The van der Waals surface area contributed by atoms with Gasteiger partial charge in [-0.2, -0.15) is 0 Å². The van der Waals surface area contributed by atoms with Gasteiger partial charge in [-0.1, -0.05) is 0 Å². The number of aliphatic hydroxyl groups is 1. The number of aliphatic hydroxyl groups excluding tert-OH is 1. The van der Waals surface area contributed by atoms with Crippen LogP contribution in [0.25, 0.3) is 0 Å². The predicted molar refractivity (Wildman–Crippen MR) is 45.2 cm³/mol. The van der Waals surface area contributed by atoms with Gasteiger partial charge in [-0.25, -0.2) is 0 Å². The molecule has 1 unspecified atom stereocenters. The van der Waals surface area contributed by atoms with Gasteiger partial charge in [0, 0.05) is 20.1 Å². The van der Waals surface area contributed by atoms with Crippen LogP contribution in [0.1, 0.15) is 12.8 Å². The minimum atomic E-state index is -0.969. The van der Waals surface area contributed by atoms with E-state index in [1.165, 1.54) is 7.05 Å². The first-order valence-electron chi connectivity index (χ1n) is 4.21. The van der Waals surface area contributed by atoms with Crippen molar-refractivity contribution in [2.75, 3.05) is 20.1 Å². The third-order valence-corrected chi connectivity index (χ3v) is 2.07. The number of carbonyl (C=O) groups excluding carboxylic acids is 1. The van der Waals surface area contributed by atoms with Gasteiger partial charge in [0.25, 0.3) is 5.91 Å². The number of hydrogen-bond acceptors (Lipinski definition) is 3. The first-order chi connectivity index (χ1) is 5.75. The van der Waals surface area contributed by atoms with Crippen molar-refractivity contribution < 1.29 is 9.90 Å². The molecular weight excluding hydrogens is 156 g/mol. The van der Waals surface area contributed by atoms with E-state index in [2.05, 4.69) is 11.7 Å². The van der Waals surface area contributed by atoms with Crippen LogP contribution in [0, 0.1) is 6.42 Å². The molecule has 0 aromatic heterocycles. The highest BCUT2D eigenvalue weighted by Gasteiger charge is 2.23. The number of amides is 1. The second-order valence-corrected chi connectivity index (χ2v) is 2.89. The average Bonchev–Trinajstić information content (AvgIpc) is 2.17. The number of carbonyl (C=O) groups is 1. The van der Waals surface area contributed by atoms with E-state index in [1.807, 2.05) is 0 Å². The molecule has 1 aliphatic rings. The summed E-state index contributed by atoms with van der Waals surface area (Å²) >= 11 is 0. The molecule has 1 rings (SSSR count). The molecule has 2 N–H and O–H groups in total. The Bertz CT molecular complexity index is 155. The molecule has 1 radical (unpaired) electrons. The smallest absolute Gasteiger partial charge is 0.263 e. The molecule has 1 fully saturated rings. The van der Waals surface area contributed by atoms with Crippen molar-refractivity contribution in [1.82, 2.24) is 10.2 Å². The van der Waals surface area contributed by atoms with Crippen molar-refractivity contribution in [3.05, 3.63) is 6.42 Å². The average molecular weight is 171 g/mol. The summed E-state index contributed by atoms with van der Waals surface area (Å²) in [6, 6.07) is 0. The first-order valence-corrected chi connectivity index (χ1v) is 4.21. The van der Waals surface area contributed by atoms with Crippen LogP contribution in [-0.4, -0.2) is 42.3 Å². The molecule has 1 aliphatic heterocycles. The predicted octanol–water partition coefficient (Wildman–Crippen LogP) is -0.649. The summed E-state index contributed by atoms with van der Waals surface area (Å²) in [5, 5.41) is 11.9. The monoisotopic (exact) mass is 171 g/mol. The fourth-order valence-corrected chi connectivity index (χ4v) is 1.31. The van der Waals surface area contributed by atoms with Gasteiger partial charge in [0.05, 0.1) is 0 Å². The van der Waals surface area contributed by atoms with Crippen LogP contribution < -0.4 is 5.32 Å². The maximum absolute atomic E-state index is 11.0. The zero-order chi connectivity index (χ0) is 8.97. The molecule has 4 heteroatoms. The molecule has 0 bridgehead atoms. The second kappa shape index (κ2) is 4.42. The number of rotatable bonds is 2. The van der Waals surface area contributed by atoms with E-state index in [0.29, 0.717) is 0 Å². The summed E-state index contributed by atoms with van der Waals surface area (Å²) in [5.41, 5.74) is 0. The quantitative estimate of drug-likeness (QED) is 0.580. The fourth-order valence-electron chi connectivity index (χ4n) is 1.31. The van der Waals surface area contributed by atoms with E-state index < -0.39 is 6.23 Å². The summed E-state index contributed by atoms with van der Waals surface area (Å²) < 4.78 is 0. The zero-order valence-corrected chi connectivity index (χ0v) is 7.29. The molecule has 4 nitrogen and oxygen atoms in total. The van der Waals surface area contributed by atoms with Gasteiger partial charge in [0.2, 0.25) is 0 Å². The lowest BCUT2D eigenvalue weighted by atomic mass is 10.1. The Morgan fingerprint density at radius 3 is 2.67 bits per heavy atom. The fraction of sp³-hybridized carbons (Fsp3) is 0.750. The summed E-state index contributed by atoms with van der Waals surface area (Å²) in [6.45, 7) is 1.54. The molecule has 69 valence electrons. The Hall–Kier alpha value is -0.610. The molecule has 0 aliphatic carbocycles. The maximum Gasteiger partial charge on any atom is 0.263 e. The lowest BCUT2D eigenvalue weighted by Gasteiger charge is -2.29. The Morgan fingerprint density at radius 2 is 2.17 bits per heavy atom. The highest BCUT2D eigenvalue weighted by atomic mass is 16.3. The number of likely N-dealkylation sites (tertiary alicyclic amines) is 1. The molecular formula is C8H15N2O2. The summed E-state index contributed by atoms with van der Waals surface area (Å²) in [7, 11) is 1.53. The number of piperidine rings is 1. The van der Waals surface area contributed by atoms with Crippen LogP contribution in [0.5, 0.6) is 0 Å². The van der Waals surface area contributed by atoms with Crippen molar-refractivity contribution in [2.24, 2.45) is 0 Å². The molecule has 1 atom stereocenters. The van der Waals surface area contributed by atoms with Crippen molar-refractivity contribution >= 4 is 5.91 Å². The Balaban J connectivity index is 2.39. The summed E-state index contributed by atoms with van der Waals surface area (Å²) in [5.74, 6) is -0.322. The number of hydrogen-bond donors (Lipinski definition) is 2. The number of likely N-dealkylation sites (N-methyl/N-ethyl adjacent to an activating group) is 1. The largest absolute Gasteiger partial charge is 0.370 e. The van der Waals surface area contributed by atoms with Gasteiger partial charge in [-0.15, -0.1) is 0 Å². The van der Waals surface area contributed by atoms with Crippen LogP contribution in [-0.2, 0) is 4.79 Å². The lowest BCUT2D eigenvalue weighted by Crippen LogP contribution is -2.47. The third kappa shape index (κ3) is 2.19. The lowest BCUT2D eigenvalue weighted by molar-refractivity contribution is -0.139. The molecule has 0 aromatic rings. The van der Waals surface area contributed by atoms with Crippen LogP contribution >= 0.6 is 0 Å². The summed E-state index contributed by atoms with van der Waals surface area (Å²) in [4.78, 5) is 12.8. The highest BCUT2D eigenvalue weighted by Crippen LogP contribution is 2.09. The standard InChI is InChI=1S/C8H15N2O2/c1-9-7(11)8(12)10-5-3-2-4-6-10/h2,8,12H,3-6H2,1H3,(H,9,11). The van der Waals surface area contributed by atoms with E-state index in [-0.39, 0.29) is 5.91 Å². The Morgan fingerprint density at radius 1 is 1.58 bits per heavy atom. The van der Waals surface area contributed by atoms with E-state index in [9.17, 15) is 9.90 Å². The SMILES string of the molecule is CNC(=O)C(O)N1CC[CH]CC1. The first kappa shape index (κ1) is 9.48. The van der Waals surface area contributed by atoms with Crippen LogP contribution in [0.15, 0.2) is 0 Å². The molecule has 0 spiro atoms. The minimum Gasteiger partial charge on any atom is -0.370 e. The highest BCUT2D eigenvalue weighted by molar-refractivity contribution is 5.79. The molecule has 0 saturated carbocycles. The van der Waals surface area contributed by atoms with E-state index in [1.54, 1.807) is 4.90 Å². The van der Waals surface area contributed by atoms with Crippen LogP contribution in [0.4, 0.5) is 0 Å². The Kier molecular flexibility index (Phi) is 3.49. The topological polar surface area (TPSA) is 52.6 Å². The van der Waals surface area contributed by atoms with E-state index in [0.717, 1.165) is 25.9 Å². The van der Waals surface area contributed by atoms with E-state index in [4.69, 9.17) is 0 Å². The molecule has 1 saturated heterocycles. The third-order valence-electron chi connectivity index (χ3n) is 2.07. The van der Waals surface area contributed by atoms with Gasteiger partial charge in [0.15, 0.2) is 6.23 Å². The van der Waals surface area contributed by atoms with Crippen molar-refractivity contribution in [3.63, 3.8) is 0 Å². The minimum absolute atomic E-state index is 0.322. The van der Waals surface area contributed by atoms with Gasteiger partial charge < -0.3 is 10.4 Å². The number of nitrogens with one attached hydrogen (secondary N) is 1. The van der Waals surface area contributed by atoms with Gasteiger partial charge >= 0.3 is 0 Å². The maximum atomic E-state index is 11.0. The second-order valence-electron chi connectivity index (χ2n) is 2.89. The van der Waals surface area contributed by atoms with Crippen molar-refractivity contribution in [2.45, 2.75) is 19.1 Å². The van der Waals surface area contributed by atoms with Crippen LogP contribution in [0.2, 0.25) is 0 Å². The van der Waals surface area contributed by atoms with Gasteiger partial charge in [0.1, 0.15) is 0 Å². The number of nitrogens with zero attached hydrogens (tertiary/aromatic N) is 1. The van der Waals surface area contributed by atoms with Gasteiger partial charge in [-0.05, 0) is 19.3 Å². The van der Waals surface area contributed by atoms with Crippen molar-refractivity contribution in [1.29, 1.82) is 0 Å². The molecule has 0 aromatic carbocycles. The molecule has 1 heterocycles. The van der Waals surface area contributed by atoms with E-state index >= 15 is 0 Å².